The molecule has 48 heavy (non-hydrogen) atoms. The van der Waals surface area contributed by atoms with E-state index >= 15 is 0 Å². The number of anilines is 3. The van der Waals surface area contributed by atoms with E-state index in [0.717, 1.165) is 77.6 Å². The molecule has 3 heterocycles. The maximum atomic E-state index is 6.53. The van der Waals surface area contributed by atoms with Crippen molar-refractivity contribution in [2.75, 3.05) is 4.90 Å². The zero-order valence-corrected chi connectivity index (χ0v) is 25.6. The largest absolute Gasteiger partial charge is 0.456 e. The third kappa shape index (κ3) is 4.22. The minimum absolute atomic E-state index is 0.596. The predicted octanol–water partition coefficient (Wildman–Crippen LogP) is 12.4. The summed E-state index contributed by atoms with van der Waals surface area (Å²) >= 11 is 0. The smallest absolute Gasteiger partial charge is 0.227 e. The van der Waals surface area contributed by atoms with Gasteiger partial charge in [-0.1, -0.05) is 91.0 Å². The summed E-state index contributed by atoms with van der Waals surface area (Å²) in [5.74, 6) is 0.596. The first-order valence-electron chi connectivity index (χ1n) is 15.9. The molecular formula is C43H26N2O3. The molecule has 0 atom stereocenters. The Morgan fingerprint density at radius 1 is 0.396 bits per heavy atom. The van der Waals surface area contributed by atoms with Gasteiger partial charge in [-0.25, -0.2) is 4.98 Å². The normalized spacial score (nSPS) is 11.8. The van der Waals surface area contributed by atoms with Crippen LogP contribution >= 0.6 is 0 Å². The van der Waals surface area contributed by atoms with E-state index in [1.54, 1.807) is 0 Å². The van der Waals surface area contributed by atoms with Crippen molar-refractivity contribution < 1.29 is 13.3 Å². The van der Waals surface area contributed by atoms with Crippen molar-refractivity contribution >= 4 is 72.0 Å². The molecule has 0 bridgehead atoms. The first kappa shape index (κ1) is 26.6. The van der Waals surface area contributed by atoms with Crippen LogP contribution in [0.4, 0.5) is 17.1 Å². The van der Waals surface area contributed by atoms with E-state index in [9.17, 15) is 0 Å². The Balaban J connectivity index is 1.14. The predicted molar refractivity (Wildman–Crippen MR) is 194 cm³/mol. The lowest BCUT2D eigenvalue weighted by molar-refractivity contribution is 0.617. The SMILES string of the molecule is c1ccc(-c2ccc(N(c3ccc4c(c3)oc3cc5oc(-c6ccccc6)nc5cc34)c3cccc4c3oc3ccccc34)cc2)cc1. The maximum absolute atomic E-state index is 6.53. The summed E-state index contributed by atoms with van der Waals surface area (Å²) in [5, 5.41) is 4.18. The number of aromatic nitrogens is 1. The lowest BCUT2D eigenvalue weighted by Gasteiger charge is -2.25. The minimum atomic E-state index is 0.596. The van der Waals surface area contributed by atoms with Gasteiger partial charge in [0.1, 0.15) is 22.3 Å². The molecule has 10 rings (SSSR count). The van der Waals surface area contributed by atoms with Crippen molar-refractivity contribution in [2.24, 2.45) is 0 Å². The number of para-hydroxylation sites is 2. The van der Waals surface area contributed by atoms with Gasteiger partial charge in [0.2, 0.25) is 5.89 Å². The molecule has 226 valence electrons. The van der Waals surface area contributed by atoms with Gasteiger partial charge in [-0.3, -0.25) is 0 Å². The highest BCUT2D eigenvalue weighted by molar-refractivity contribution is 6.12. The molecule has 0 fully saturated rings. The first-order chi connectivity index (χ1) is 23.8. The molecule has 0 amide bonds. The third-order valence-electron chi connectivity index (χ3n) is 9.10. The number of oxazole rings is 1. The number of rotatable bonds is 5. The quantitative estimate of drug-likeness (QED) is 0.192. The highest BCUT2D eigenvalue weighted by atomic mass is 16.4. The summed E-state index contributed by atoms with van der Waals surface area (Å²) in [6, 6.07) is 53.9. The number of hydrogen-bond acceptors (Lipinski definition) is 5. The Kier molecular flexibility index (Phi) is 5.81. The molecule has 0 unspecified atom stereocenters. The van der Waals surface area contributed by atoms with Crippen molar-refractivity contribution in [3.8, 4) is 22.6 Å². The van der Waals surface area contributed by atoms with Crippen LogP contribution in [-0.2, 0) is 0 Å². The molecule has 0 saturated carbocycles. The standard InChI is InChI=1S/C43H26N2O3/c1-3-10-27(11-4-1)28-18-20-30(21-19-28)45(37-16-9-15-34-32-14-7-8-17-38(32)47-42(34)37)31-22-23-33-35-25-36-41(26-40(35)46-39(33)24-31)48-43(44-36)29-12-5-2-6-13-29/h1-26H. The van der Waals surface area contributed by atoms with Crippen LogP contribution in [0.25, 0.3) is 77.6 Å². The second kappa shape index (κ2) is 10.5. The number of fused-ring (bicyclic) bond motifs is 7. The molecule has 3 aromatic heterocycles. The van der Waals surface area contributed by atoms with Crippen LogP contribution in [0.15, 0.2) is 171 Å². The maximum Gasteiger partial charge on any atom is 0.227 e. The van der Waals surface area contributed by atoms with Gasteiger partial charge in [-0.05, 0) is 65.7 Å². The Bertz CT molecular complexity index is 2770. The van der Waals surface area contributed by atoms with Crippen LogP contribution in [0.3, 0.4) is 0 Å². The fraction of sp³-hybridized carbons (Fsp3) is 0. The fourth-order valence-corrected chi connectivity index (χ4v) is 6.80. The molecule has 0 aliphatic heterocycles. The minimum Gasteiger partial charge on any atom is -0.456 e. The zero-order chi connectivity index (χ0) is 31.6. The molecule has 0 saturated heterocycles. The second-order valence-corrected chi connectivity index (χ2v) is 12.0. The monoisotopic (exact) mass is 618 g/mol. The van der Waals surface area contributed by atoms with Gasteiger partial charge in [0.25, 0.3) is 0 Å². The van der Waals surface area contributed by atoms with E-state index in [2.05, 4.69) is 102 Å². The molecule has 0 spiro atoms. The molecule has 0 aliphatic rings. The van der Waals surface area contributed by atoms with E-state index in [0.29, 0.717) is 11.5 Å². The van der Waals surface area contributed by atoms with Crippen molar-refractivity contribution in [3.05, 3.63) is 158 Å². The molecule has 5 nitrogen and oxygen atoms in total. The summed E-state index contributed by atoms with van der Waals surface area (Å²) in [4.78, 5) is 7.04. The van der Waals surface area contributed by atoms with Crippen LogP contribution in [-0.4, -0.2) is 4.98 Å². The van der Waals surface area contributed by atoms with Crippen molar-refractivity contribution in [1.29, 1.82) is 0 Å². The lowest BCUT2D eigenvalue weighted by atomic mass is 10.0. The van der Waals surface area contributed by atoms with Crippen LogP contribution in [0.1, 0.15) is 0 Å². The van der Waals surface area contributed by atoms with Gasteiger partial charge < -0.3 is 18.2 Å². The molecule has 5 heteroatoms. The average molecular weight is 619 g/mol. The molecule has 0 radical (unpaired) electrons. The van der Waals surface area contributed by atoms with Gasteiger partial charge in [0.15, 0.2) is 11.2 Å². The zero-order valence-electron chi connectivity index (χ0n) is 25.6. The molecular weight excluding hydrogens is 592 g/mol. The van der Waals surface area contributed by atoms with E-state index in [1.807, 2.05) is 60.7 Å². The van der Waals surface area contributed by atoms with Gasteiger partial charge >= 0.3 is 0 Å². The third-order valence-corrected chi connectivity index (χ3v) is 9.10. The van der Waals surface area contributed by atoms with Crippen LogP contribution in [0.5, 0.6) is 0 Å². The lowest BCUT2D eigenvalue weighted by Crippen LogP contribution is -2.10. The Labute approximate surface area is 274 Å². The molecule has 10 aromatic rings. The van der Waals surface area contributed by atoms with Gasteiger partial charge in [-0.15, -0.1) is 0 Å². The van der Waals surface area contributed by atoms with E-state index < -0.39 is 0 Å². The Morgan fingerprint density at radius 2 is 1.06 bits per heavy atom. The summed E-state index contributed by atoms with van der Waals surface area (Å²) in [6.45, 7) is 0. The number of benzene rings is 7. The highest BCUT2D eigenvalue weighted by Crippen LogP contribution is 2.44. The van der Waals surface area contributed by atoms with Crippen LogP contribution in [0, 0.1) is 0 Å². The summed E-state index contributed by atoms with van der Waals surface area (Å²) in [7, 11) is 0. The van der Waals surface area contributed by atoms with Gasteiger partial charge in [-0.2, -0.15) is 0 Å². The Hall–Kier alpha value is -6.59. The van der Waals surface area contributed by atoms with Crippen LogP contribution in [0.2, 0.25) is 0 Å². The Morgan fingerprint density at radius 3 is 1.90 bits per heavy atom. The van der Waals surface area contributed by atoms with Crippen molar-refractivity contribution in [2.45, 2.75) is 0 Å². The highest BCUT2D eigenvalue weighted by Gasteiger charge is 2.21. The molecule has 0 aliphatic carbocycles. The second-order valence-electron chi connectivity index (χ2n) is 12.0. The molecule has 0 N–H and O–H groups in total. The topological polar surface area (TPSA) is 55.6 Å². The van der Waals surface area contributed by atoms with Crippen LogP contribution < -0.4 is 4.90 Å². The number of furan rings is 2. The van der Waals surface area contributed by atoms with Crippen molar-refractivity contribution in [1.82, 2.24) is 4.98 Å². The summed E-state index contributed by atoms with van der Waals surface area (Å²) < 4.78 is 19.2. The average Bonchev–Trinajstić information content (AvgIpc) is 3.85. The van der Waals surface area contributed by atoms with E-state index in [4.69, 9.17) is 18.2 Å². The molecule has 7 aromatic carbocycles. The fourth-order valence-electron chi connectivity index (χ4n) is 6.80. The van der Waals surface area contributed by atoms with Crippen molar-refractivity contribution in [3.63, 3.8) is 0 Å². The number of hydrogen-bond donors (Lipinski definition) is 0. The van der Waals surface area contributed by atoms with E-state index in [-0.39, 0.29) is 0 Å². The van der Waals surface area contributed by atoms with Gasteiger partial charge in [0, 0.05) is 44.9 Å². The summed E-state index contributed by atoms with van der Waals surface area (Å²) in [6.07, 6.45) is 0. The number of nitrogens with zero attached hydrogens (tertiary/aromatic N) is 2. The summed E-state index contributed by atoms with van der Waals surface area (Å²) in [5.41, 5.74) is 10.9. The van der Waals surface area contributed by atoms with Gasteiger partial charge in [0.05, 0.1) is 11.4 Å². The first-order valence-corrected chi connectivity index (χ1v) is 15.9. The van der Waals surface area contributed by atoms with E-state index in [1.165, 1.54) is 5.56 Å².